The van der Waals surface area contributed by atoms with E-state index in [-0.39, 0.29) is 11.9 Å². The predicted octanol–water partition coefficient (Wildman–Crippen LogP) is 2.95. The quantitative estimate of drug-likeness (QED) is 0.725. The van der Waals surface area contributed by atoms with Crippen LogP contribution in [0.4, 0.5) is 4.79 Å². The molecule has 2 aliphatic rings. The minimum absolute atomic E-state index is 0.155. The molecule has 1 aliphatic heterocycles. The first kappa shape index (κ1) is 16.5. The molecule has 0 unspecified atom stereocenters. The fourth-order valence-electron chi connectivity index (χ4n) is 3.67. The van der Waals surface area contributed by atoms with Crippen molar-refractivity contribution in [3.8, 4) is 0 Å². The molecule has 1 saturated heterocycles. The molecule has 3 N–H and O–H groups in total. The molecule has 0 radical (unpaired) electrons. The second kappa shape index (κ2) is 6.61. The second-order valence-corrected chi connectivity index (χ2v) is 8.11. The van der Waals surface area contributed by atoms with E-state index in [0.717, 1.165) is 19.3 Å². The third-order valence-electron chi connectivity index (χ3n) is 4.88. The maximum atomic E-state index is 12.0. The Morgan fingerprint density at radius 3 is 2.61 bits per heavy atom. The predicted molar refractivity (Wildman–Crippen MR) is 91.3 cm³/mol. The normalized spacial score (nSPS) is 28.9. The van der Waals surface area contributed by atoms with Gasteiger partial charge in [0, 0.05) is 17.0 Å². The van der Waals surface area contributed by atoms with Crippen molar-refractivity contribution in [2.24, 2.45) is 5.92 Å². The maximum absolute atomic E-state index is 12.0. The van der Waals surface area contributed by atoms with E-state index in [0.29, 0.717) is 30.8 Å². The molecule has 5 nitrogen and oxygen atoms in total. The molecule has 2 fully saturated rings. The Hall–Kier alpha value is -1.40. The van der Waals surface area contributed by atoms with Crippen molar-refractivity contribution >= 4 is 23.3 Å². The summed E-state index contributed by atoms with van der Waals surface area (Å²) in [7, 11) is 0. The number of hydrogen-bond acceptors (Lipinski definition) is 4. The average molecular weight is 335 g/mol. The van der Waals surface area contributed by atoms with Gasteiger partial charge in [0.1, 0.15) is 5.54 Å². The van der Waals surface area contributed by atoms with Gasteiger partial charge in [-0.3, -0.25) is 10.1 Å². The molecule has 1 spiro atoms. The Bertz CT molecular complexity index is 562. The summed E-state index contributed by atoms with van der Waals surface area (Å²) in [6, 6.07) is 4.72. The lowest BCUT2D eigenvalue weighted by atomic mass is 9.79. The van der Waals surface area contributed by atoms with Crippen molar-refractivity contribution in [1.82, 2.24) is 16.0 Å². The van der Waals surface area contributed by atoms with Gasteiger partial charge < -0.3 is 10.6 Å². The van der Waals surface area contributed by atoms with Gasteiger partial charge in [0.15, 0.2) is 0 Å². The molecule has 1 aliphatic carbocycles. The van der Waals surface area contributed by atoms with E-state index in [9.17, 15) is 9.59 Å². The molecular formula is C17H25N3O2S. The van der Waals surface area contributed by atoms with Crippen LogP contribution < -0.4 is 16.0 Å². The van der Waals surface area contributed by atoms with Crippen molar-refractivity contribution in [1.29, 1.82) is 0 Å². The lowest BCUT2D eigenvalue weighted by Crippen LogP contribution is -2.52. The van der Waals surface area contributed by atoms with Crippen LogP contribution in [0.1, 0.15) is 56.9 Å². The van der Waals surface area contributed by atoms with Crippen LogP contribution >= 0.6 is 11.3 Å². The van der Waals surface area contributed by atoms with Crippen LogP contribution in [-0.4, -0.2) is 23.5 Å². The summed E-state index contributed by atoms with van der Waals surface area (Å²) < 4.78 is 0. The highest BCUT2D eigenvalue weighted by atomic mass is 32.1. The van der Waals surface area contributed by atoms with Gasteiger partial charge in [-0.05, 0) is 49.5 Å². The highest BCUT2D eigenvalue weighted by molar-refractivity contribution is 7.10. The Morgan fingerprint density at radius 2 is 2.09 bits per heavy atom. The summed E-state index contributed by atoms with van der Waals surface area (Å²) in [6.07, 6.45) is 4.35. The molecule has 2 heterocycles. The molecule has 1 atom stereocenters. The Morgan fingerprint density at radius 1 is 1.35 bits per heavy atom. The van der Waals surface area contributed by atoms with Gasteiger partial charge in [0.25, 0.3) is 5.91 Å². The standard InChI is InChI=1S/C17H25N3O2S/c1-11(2)10-13(14-4-3-9-23-14)18-12-5-7-17(8-6-12)15(21)19-16(22)20-17/h3-4,9,11-13,18H,5-8,10H2,1-2H3,(H2,19,20,21,22)/t12?,13-,17?/m0/s1. The smallest absolute Gasteiger partial charge is 0.322 e. The minimum atomic E-state index is -0.661. The van der Waals surface area contributed by atoms with Gasteiger partial charge in [-0.25, -0.2) is 4.79 Å². The Kier molecular flexibility index (Phi) is 4.73. The fourth-order valence-corrected chi connectivity index (χ4v) is 4.47. The van der Waals surface area contributed by atoms with E-state index in [1.165, 1.54) is 4.88 Å². The summed E-state index contributed by atoms with van der Waals surface area (Å²) in [5.41, 5.74) is -0.661. The molecule has 0 aromatic carbocycles. The van der Waals surface area contributed by atoms with Gasteiger partial charge in [0.2, 0.25) is 0 Å². The SMILES string of the molecule is CC(C)C[C@H](NC1CCC2(CC1)NC(=O)NC2=O)c1cccs1. The number of imide groups is 1. The molecule has 1 aromatic heterocycles. The molecule has 1 saturated carbocycles. The lowest BCUT2D eigenvalue weighted by molar-refractivity contribution is -0.125. The van der Waals surface area contributed by atoms with Crippen molar-refractivity contribution in [3.63, 3.8) is 0 Å². The number of carbonyl (C=O) groups excluding carboxylic acids is 2. The van der Waals surface area contributed by atoms with Crippen LogP contribution in [-0.2, 0) is 4.79 Å². The van der Waals surface area contributed by atoms with Gasteiger partial charge in [-0.15, -0.1) is 11.3 Å². The van der Waals surface area contributed by atoms with E-state index in [2.05, 4.69) is 47.3 Å². The van der Waals surface area contributed by atoms with E-state index in [1.807, 2.05) is 0 Å². The number of nitrogens with one attached hydrogen (secondary N) is 3. The number of urea groups is 1. The largest absolute Gasteiger partial charge is 0.323 e. The molecule has 3 amide bonds. The van der Waals surface area contributed by atoms with Crippen LogP contribution in [0.2, 0.25) is 0 Å². The van der Waals surface area contributed by atoms with Gasteiger partial charge >= 0.3 is 6.03 Å². The third-order valence-corrected chi connectivity index (χ3v) is 5.87. The molecule has 1 aromatic rings. The zero-order chi connectivity index (χ0) is 16.4. The van der Waals surface area contributed by atoms with E-state index in [1.54, 1.807) is 11.3 Å². The number of rotatable bonds is 5. The summed E-state index contributed by atoms with van der Waals surface area (Å²) in [5.74, 6) is 0.474. The van der Waals surface area contributed by atoms with Crippen molar-refractivity contribution in [3.05, 3.63) is 22.4 Å². The highest BCUT2D eigenvalue weighted by Crippen LogP contribution is 2.33. The number of carbonyl (C=O) groups is 2. The van der Waals surface area contributed by atoms with Crippen LogP contribution in [0.15, 0.2) is 17.5 Å². The zero-order valence-corrected chi connectivity index (χ0v) is 14.5. The Balaban J connectivity index is 1.60. The van der Waals surface area contributed by atoms with E-state index < -0.39 is 5.54 Å². The summed E-state index contributed by atoms with van der Waals surface area (Å²) in [5, 5.41) is 11.1. The van der Waals surface area contributed by atoms with Gasteiger partial charge in [-0.1, -0.05) is 19.9 Å². The lowest BCUT2D eigenvalue weighted by Gasteiger charge is -2.36. The van der Waals surface area contributed by atoms with Crippen molar-refractivity contribution in [2.45, 2.75) is 63.6 Å². The first-order valence-corrected chi connectivity index (χ1v) is 9.29. The maximum Gasteiger partial charge on any atom is 0.322 e. The van der Waals surface area contributed by atoms with Gasteiger partial charge in [-0.2, -0.15) is 0 Å². The molecule has 126 valence electrons. The van der Waals surface area contributed by atoms with Crippen LogP contribution in [0, 0.1) is 5.92 Å². The molecule has 6 heteroatoms. The Labute approximate surface area is 141 Å². The first-order valence-electron chi connectivity index (χ1n) is 8.41. The fraction of sp³-hybridized carbons (Fsp3) is 0.647. The molecule has 0 bridgehead atoms. The van der Waals surface area contributed by atoms with Crippen LogP contribution in [0.5, 0.6) is 0 Å². The number of thiophene rings is 1. The summed E-state index contributed by atoms with van der Waals surface area (Å²) in [4.78, 5) is 24.8. The van der Waals surface area contributed by atoms with Crippen LogP contribution in [0.3, 0.4) is 0 Å². The first-order chi connectivity index (χ1) is 11.0. The monoisotopic (exact) mass is 335 g/mol. The van der Waals surface area contributed by atoms with Crippen LogP contribution in [0.25, 0.3) is 0 Å². The molecule has 23 heavy (non-hydrogen) atoms. The average Bonchev–Trinajstić information content (AvgIpc) is 3.10. The number of amides is 3. The second-order valence-electron chi connectivity index (χ2n) is 7.13. The van der Waals surface area contributed by atoms with Gasteiger partial charge in [0.05, 0.1) is 0 Å². The van der Waals surface area contributed by atoms with Crippen molar-refractivity contribution < 1.29 is 9.59 Å². The molecule has 3 rings (SSSR count). The van der Waals surface area contributed by atoms with Crippen molar-refractivity contribution in [2.75, 3.05) is 0 Å². The third kappa shape index (κ3) is 3.58. The number of hydrogen-bond donors (Lipinski definition) is 3. The molecular weight excluding hydrogens is 310 g/mol. The highest BCUT2D eigenvalue weighted by Gasteiger charge is 2.48. The minimum Gasteiger partial charge on any atom is -0.323 e. The summed E-state index contributed by atoms with van der Waals surface area (Å²) in [6.45, 7) is 4.49. The van der Waals surface area contributed by atoms with E-state index >= 15 is 0 Å². The van der Waals surface area contributed by atoms with E-state index in [4.69, 9.17) is 0 Å². The topological polar surface area (TPSA) is 70.2 Å². The zero-order valence-electron chi connectivity index (χ0n) is 13.7. The summed E-state index contributed by atoms with van der Waals surface area (Å²) >= 11 is 1.80.